The first-order chi connectivity index (χ1) is 5.31. The van der Waals surface area contributed by atoms with Gasteiger partial charge in [0.15, 0.2) is 0 Å². The van der Waals surface area contributed by atoms with Gasteiger partial charge in [0.25, 0.3) is 0 Å². The molecule has 0 aromatic carbocycles. The van der Waals surface area contributed by atoms with Crippen LogP contribution in [0.25, 0.3) is 0 Å². The monoisotopic (exact) mass is 150 g/mol. The van der Waals surface area contributed by atoms with Gasteiger partial charge in [-0.25, -0.2) is 0 Å². The molecule has 0 nitrogen and oxygen atoms in total. The second-order valence-electron chi connectivity index (χ2n) is 2.22. The molecule has 0 fully saturated rings. The fourth-order valence-electron chi connectivity index (χ4n) is 0.554. The maximum absolute atomic E-state index is 4.00. The van der Waals surface area contributed by atoms with E-state index in [9.17, 15) is 0 Å². The van der Waals surface area contributed by atoms with Gasteiger partial charge in [0.05, 0.1) is 0 Å². The summed E-state index contributed by atoms with van der Waals surface area (Å²) in [5.74, 6) is 0. The van der Waals surface area contributed by atoms with E-state index in [4.69, 9.17) is 0 Å². The Labute approximate surface area is 71.0 Å². The van der Waals surface area contributed by atoms with Crippen molar-refractivity contribution in [2.45, 2.75) is 33.6 Å². The standard InChI is InChI=1S/C9H16.C2H2/c1-4-6-7-8-9(3)5-2;1-2/h5-7H,4,8H2,1-3H3;1-2H/b7-6-,9-5-;. The van der Waals surface area contributed by atoms with Crippen LogP contribution in [0, 0.1) is 12.8 Å². The molecule has 0 aromatic heterocycles. The van der Waals surface area contributed by atoms with E-state index < -0.39 is 0 Å². The van der Waals surface area contributed by atoms with E-state index in [1.165, 1.54) is 5.57 Å². The third-order valence-corrected chi connectivity index (χ3v) is 1.33. The zero-order valence-corrected chi connectivity index (χ0v) is 7.80. The first-order valence-electron chi connectivity index (χ1n) is 3.91. The molecule has 0 radical (unpaired) electrons. The number of allylic oxidation sites excluding steroid dienone is 4. The maximum Gasteiger partial charge on any atom is -0.0142 e. The molecule has 0 aliphatic rings. The van der Waals surface area contributed by atoms with Gasteiger partial charge in [0.2, 0.25) is 0 Å². The quantitative estimate of drug-likeness (QED) is 0.426. The van der Waals surface area contributed by atoms with Gasteiger partial charge in [0, 0.05) is 0 Å². The molecule has 0 saturated heterocycles. The Hall–Kier alpha value is -0.960. The predicted octanol–water partition coefficient (Wildman–Crippen LogP) is 3.56. The molecular formula is C11H18. The van der Waals surface area contributed by atoms with Crippen LogP contribution >= 0.6 is 0 Å². The highest BCUT2D eigenvalue weighted by Crippen LogP contribution is 1.99. The zero-order chi connectivity index (χ0) is 9.11. The molecule has 0 amide bonds. The fraction of sp³-hybridized carbons (Fsp3) is 0.455. The van der Waals surface area contributed by atoms with E-state index in [1.807, 2.05) is 0 Å². The number of rotatable bonds is 3. The lowest BCUT2D eigenvalue weighted by Crippen LogP contribution is -1.69. The molecule has 62 valence electrons. The second-order valence-corrected chi connectivity index (χ2v) is 2.22. The molecule has 11 heavy (non-hydrogen) atoms. The SMILES string of the molecule is C#C.C/C=C(/C)C/C=C\CC. The average molecular weight is 150 g/mol. The Bertz CT molecular complexity index is 135. The van der Waals surface area contributed by atoms with Crippen molar-refractivity contribution in [3.63, 3.8) is 0 Å². The van der Waals surface area contributed by atoms with Crippen LogP contribution in [-0.4, -0.2) is 0 Å². The Morgan fingerprint density at radius 1 is 1.27 bits per heavy atom. The van der Waals surface area contributed by atoms with Crippen molar-refractivity contribution in [3.8, 4) is 12.8 Å². The number of hydrogen-bond acceptors (Lipinski definition) is 0. The summed E-state index contributed by atoms with van der Waals surface area (Å²) >= 11 is 0. The van der Waals surface area contributed by atoms with E-state index in [-0.39, 0.29) is 0 Å². The minimum absolute atomic E-state index is 1.12. The highest BCUT2D eigenvalue weighted by molar-refractivity contribution is 5.02. The van der Waals surface area contributed by atoms with E-state index in [2.05, 4.69) is 51.8 Å². The molecule has 0 heteroatoms. The fourth-order valence-corrected chi connectivity index (χ4v) is 0.554. The highest BCUT2D eigenvalue weighted by atomic mass is 13.9. The lowest BCUT2D eigenvalue weighted by Gasteiger charge is -1.89. The Balaban J connectivity index is 0. The van der Waals surface area contributed by atoms with Gasteiger partial charge in [-0.3, -0.25) is 0 Å². The second kappa shape index (κ2) is 11.8. The van der Waals surface area contributed by atoms with E-state index in [1.54, 1.807) is 0 Å². The van der Waals surface area contributed by atoms with Crippen molar-refractivity contribution in [1.29, 1.82) is 0 Å². The van der Waals surface area contributed by atoms with Crippen LogP contribution in [-0.2, 0) is 0 Å². The van der Waals surface area contributed by atoms with Gasteiger partial charge >= 0.3 is 0 Å². The summed E-state index contributed by atoms with van der Waals surface area (Å²) in [6.07, 6.45) is 16.8. The summed E-state index contributed by atoms with van der Waals surface area (Å²) in [5.41, 5.74) is 1.44. The summed E-state index contributed by atoms with van der Waals surface area (Å²) in [5, 5.41) is 0. The Kier molecular flexibility index (Phi) is 13.6. The Morgan fingerprint density at radius 3 is 2.18 bits per heavy atom. The normalized spacial score (nSPS) is 10.8. The maximum atomic E-state index is 4.00. The molecule has 0 aliphatic carbocycles. The smallest absolute Gasteiger partial charge is 0.0142 e. The number of terminal acetylenes is 1. The summed E-state index contributed by atoms with van der Waals surface area (Å²) in [7, 11) is 0. The van der Waals surface area contributed by atoms with Crippen LogP contribution in [0.15, 0.2) is 23.8 Å². The molecule has 0 N–H and O–H groups in total. The minimum Gasteiger partial charge on any atom is -0.124 e. The third-order valence-electron chi connectivity index (χ3n) is 1.33. The topological polar surface area (TPSA) is 0 Å². The van der Waals surface area contributed by atoms with Gasteiger partial charge in [-0.15, -0.1) is 12.8 Å². The van der Waals surface area contributed by atoms with Crippen molar-refractivity contribution in [2.24, 2.45) is 0 Å². The molecule has 0 heterocycles. The summed E-state index contributed by atoms with van der Waals surface area (Å²) in [6, 6.07) is 0. The largest absolute Gasteiger partial charge is 0.124 e. The predicted molar refractivity (Wildman–Crippen MR) is 53.4 cm³/mol. The molecule has 0 atom stereocenters. The van der Waals surface area contributed by atoms with Crippen molar-refractivity contribution < 1.29 is 0 Å². The van der Waals surface area contributed by atoms with Crippen LogP contribution in [0.5, 0.6) is 0 Å². The lowest BCUT2D eigenvalue weighted by molar-refractivity contribution is 1.15. The zero-order valence-electron chi connectivity index (χ0n) is 7.80. The van der Waals surface area contributed by atoms with Crippen LogP contribution in [0.2, 0.25) is 0 Å². The van der Waals surface area contributed by atoms with Crippen molar-refractivity contribution in [1.82, 2.24) is 0 Å². The molecule has 0 bridgehead atoms. The van der Waals surface area contributed by atoms with Crippen LogP contribution in [0.3, 0.4) is 0 Å². The molecule has 0 aliphatic heterocycles. The van der Waals surface area contributed by atoms with Gasteiger partial charge < -0.3 is 0 Å². The third kappa shape index (κ3) is 12.3. The van der Waals surface area contributed by atoms with Crippen LogP contribution in [0.4, 0.5) is 0 Å². The van der Waals surface area contributed by atoms with Gasteiger partial charge in [-0.2, -0.15) is 0 Å². The molecule has 0 unspecified atom stereocenters. The van der Waals surface area contributed by atoms with E-state index >= 15 is 0 Å². The van der Waals surface area contributed by atoms with E-state index in [0.29, 0.717) is 0 Å². The summed E-state index contributed by atoms with van der Waals surface area (Å²) in [6.45, 7) is 6.39. The first-order valence-corrected chi connectivity index (χ1v) is 3.91. The lowest BCUT2D eigenvalue weighted by atomic mass is 10.2. The van der Waals surface area contributed by atoms with Crippen molar-refractivity contribution >= 4 is 0 Å². The van der Waals surface area contributed by atoms with Crippen LogP contribution in [0.1, 0.15) is 33.6 Å². The van der Waals surface area contributed by atoms with Crippen molar-refractivity contribution in [3.05, 3.63) is 23.8 Å². The average Bonchev–Trinajstić information content (AvgIpc) is 2.08. The van der Waals surface area contributed by atoms with Gasteiger partial charge in [-0.05, 0) is 26.7 Å². The molecule has 0 spiro atoms. The van der Waals surface area contributed by atoms with Gasteiger partial charge in [-0.1, -0.05) is 30.7 Å². The van der Waals surface area contributed by atoms with Gasteiger partial charge in [0.1, 0.15) is 0 Å². The first kappa shape index (κ1) is 12.7. The summed E-state index contributed by atoms with van der Waals surface area (Å²) < 4.78 is 0. The highest BCUT2D eigenvalue weighted by Gasteiger charge is 1.78. The van der Waals surface area contributed by atoms with E-state index in [0.717, 1.165) is 12.8 Å². The molecular weight excluding hydrogens is 132 g/mol. The van der Waals surface area contributed by atoms with Crippen LogP contribution < -0.4 is 0 Å². The number of hydrogen-bond donors (Lipinski definition) is 0. The molecule has 0 aromatic rings. The minimum atomic E-state index is 1.12. The molecule has 0 saturated carbocycles. The van der Waals surface area contributed by atoms with Crippen molar-refractivity contribution in [2.75, 3.05) is 0 Å². The Morgan fingerprint density at radius 2 is 1.82 bits per heavy atom. The molecule has 0 rings (SSSR count). The summed E-state index contributed by atoms with van der Waals surface area (Å²) in [4.78, 5) is 0.